The molecule has 0 saturated carbocycles. The van der Waals surface area contributed by atoms with Gasteiger partial charge < -0.3 is 15.0 Å². The fraction of sp³-hybridized carbons (Fsp3) is 0.529. The summed E-state index contributed by atoms with van der Waals surface area (Å²) in [5, 5.41) is 1.36. The van der Waals surface area contributed by atoms with Crippen molar-refractivity contribution in [2.24, 2.45) is 11.7 Å². The molecule has 108 valence electrons. The van der Waals surface area contributed by atoms with E-state index < -0.39 is 0 Å². The Labute approximate surface area is 120 Å². The first-order chi connectivity index (χ1) is 9.74. The molecule has 1 saturated heterocycles. The molecule has 0 amide bonds. The Balaban J connectivity index is 1.85. The predicted octanol–water partition coefficient (Wildman–Crippen LogP) is 2.96. The summed E-state index contributed by atoms with van der Waals surface area (Å²) in [4.78, 5) is 0. The maximum absolute atomic E-state index is 5.95. The lowest BCUT2D eigenvalue weighted by atomic mass is 10.00. The quantitative estimate of drug-likeness (QED) is 0.929. The number of nitrogens with two attached hydrogens (primary N) is 1. The molecule has 1 aromatic carbocycles. The summed E-state index contributed by atoms with van der Waals surface area (Å²) in [7, 11) is 0. The molecule has 1 unspecified atom stereocenters. The highest BCUT2D eigenvalue weighted by Gasteiger charge is 2.15. The van der Waals surface area contributed by atoms with Crippen LogP contribution in [0.5, 0.6) is 0 Å². The highest BCUT2D eigenvalue weighted by Crippen LogP contribution is 2.24. The van der Waals surface area contributed by atoms with Crippen molar-refractivity contribution in [3.63, 3.8) is 0 Å². The van der Waals surface area contributed by atoms with Crippen LogP contribution in [0.2, 0.25) is 0 Å². The Morgan fingerprint density at radius 1 is 1.30 bits per heavy atom. The van der Waals surface area contributed by atoms with Crippen LogP contribution in [0.4, 0.5) is 0 Å². The van der Waals surface area contributed by atoms with E-state index in [-0.39, 0.29) is 6.04 Å². The van der Waals surface area contributed by atoms with Crippen LogP contribution < -0.4 is 5.73 Å². The zero-order valence-electron chi connectivity index (χ0n) is 12.2. The number of aromatic nitrogens is 1. The molecule has 0 radical (unpaired) electrons. The third-order valence-corrected chi connectivity index (χ3v) is 4.24. The van der Waals surface area contributed by atoms with Crippen molar-refractivity contribution in [1.82, 2.24) is 4.57 Å². The first-order valence-corrected chi connectivity index (χ1v) is 7.64. The Morgan fingerprint density at radius 2 is 2.10 bits per heavy atom. The fourth-order valence-corrected chi connectivity index (χ4v) is 3.18. The van der Waals surface area contributed by atoms with Crippen molar-refractivity contribution in [1.29, 1.82) is 0 Å². The number of nitrogens with zero attached hydrogens (tertiary/aromatic N) is 1. The molecule has 0 bridgehead atoms. The van der Waals surface area contributed by atoms with Gasteiger partial charge in [0.25, 0.3) is 0 Å². The maximum atomic E-state index is 5.95. The van der Waals surface area contributed by atoms with Gasteiger partial charge >= 0.3 is 0 Å². The van der Waals surface area contributed by atoms with Gasteiger partial charge in [-0.3, -0.25) is 0 Å². The first-order valence-electron chi connectivity index (χ1n) is 7.64. The van der Waals surface area contributed by atoms with Gasteiger partial charge in [-0.25, -0.2) is 0 Å². The van der Waals surface area contributed by atoms with Gasteiger partial charge in [0, 0.05) is 42.9 Å². The summed E-state index contributed by atoms with van der Waals surface area (Å²) in [5.74, 6) is 0.747. The number of fused-ring (bicyclic) bond motifs is 1. The van der Waals surface area contributed by atoms with Gasteiger partial charge in [-0.1, -0.05) is 12.1 Å². The second-order valence-electron chi connectivity index (χ2n) is 6.06. The normalized spacial score (nSPS) is 18.5. The average Bonchev–Trinajstić information content (AvgIpc) is 2.84. The summed E-state index contributed by atoms with van der Waals surface area (Å²) in [6, 6.07) is 9.02. The lowest BCUT2D eigenvalue weighted by Crippen LogP contribution is -2.20. The molecule has 1 aliphatic heterocycles. The Morgan fingerprint density at radius 3 is 2.85 bits per heavy atom. The predicted molar refractivity (Wildman–Crippen MR) is 82.8 cm³/mol. The van der Waals surface area contributed by atoms with Crippen molar-refractivity contribution in [3.8, 4) is 0 Å². The van der Waals surface area contributed by atoms with Gasteiger partial charge in [0.1, 0.15) is 0 Å². The van der Waals surface area contributed by atoms with Gasteiger partial charge in [-0.05, 0) is 49.8 Å². The van der Waals surface area contributed by atoms with Crippen LogP contribution in [0.15, 0.2) is 30.5 Å². The highest BCUT2D eigenvalue weighted by molar-refractivity contribution is 5.83. The van der Waals surface area contributed by atoms with Crippen LogP contribution in [-0.2, 0) is 17.7 Å². The second kappa shape index (κ2) is 5.98. The van der Waals surface area contributed by atoms with E-state index in [2.05, 4.69) is 42.0 Å². The van der Waals surface area contributed by atoms with E-state index in [9.17, 15) is 0 Å². The lowest BCUT2D eigenvalue weighted by molar-refractivity contribution is 0.0616. The van der Waals surface area contributed by atoms with Crippen molar-refractivity contribution in [2.45, 2.75) is 38.8 Å². The second-order valence-corrected chi connectivity index (χ2v) is 6.06. The minimum absolute atomic E-state index is 0.208. The smallest absolute Gasteiger partial charge is 0.0483 e. The SMILES string of the molecule is CC(N)Cc1cccc2c1ccn2CC1CCOCC1. The monoisotopic (exact) mass is 272 g/mol. The summed E-state index contributed by atoms with van der Waals surface area (Å²) in [6.45, 7) is 5.01. The maximum Gasteiger partial charge on any atom is 0.0483 e. The van der Waals surface area contributed by atoms with Crippen LogP contribution in [0.1, 0.15) is 25.3 Å². The molecule has 1 aliphatic rings. The third-order valence-electron chi connectivity index (χ3n) is 4.24. The van der Waals surface area contributed by atoms with E-state index >= 15 is 0 Å². The summed E-state index contributed by atoms with van der Waals surface area (Å²) in [5.41, 5.74) is 8.66. The zero-order valence-corrected chi connectivity index (χ0v) is 12.2. The number of hydrogen-bond donors (Lipinski definition) is 1. The number of hydrogen-bond acceptors (Lipinski definition) is 2. The van der Waals surface area contributed by atoms with Crippen LogP contribution >= 0.6 is 0 Å². The molecule has 2 heterocycles. The standard InChI is InChI=1S/C17H24N2O/c1-13(18)11-15-3-2-4-17-16(15)5-8-19(17)12-14-6-9-20-10-7-14/h2-5,8,13-14H,6-7,9-12,18H2,1H3. The van der Waals surface area contributed by atoms with Crippen molar-refractivity contribution >= 4 is 10.9 Å². The molecule has 1 fully saturated rings. The zero-order chi connectivity index (χ0) is 13.9. The fourth-order valence-electron chi connectivity index (χ4n) is 3.18. The van der Waals surface area contributed by atoms with E-state index in [0.29, 0.717) is 0 Å². The number of benzene rings is 1. The van der Waals surface area contributed by atoms with Gasteiger partial charge in [0.15, 0.2) is 0 Å². The Bertz CT molecular complexity index is 567. The molecule has 2 N–H and O–H groups in total. The van der Waals surface area contributed by atoms with Crippen molar-refractivity contribution < 1.29 is 4.74 Å². The highest BCUT2D eigenvalue weighted by atomic mass is 16.5. The van der Waals surface area contributed by atoms with Crippen LogP contribution in [-0.4, -0.2) is 23.8 Å². The summed E-state index contributed by atoms with van der Waals surface area (Å²) < 4.78 is 7.84. The van der Waals surface area contributed by atoms with Gasteiger partial charge in [0.05, 0.1) is 0 Å². The topological polar surface area (TPSA) is 40.2 Å². The molecule has 3 heteroatoms. The molecule has 0 aliphatic carbocycles. The lowest BCUT2D eigenvalue weighted by Gasteiger charge is -2.22. The average molecular weight is 272 g/mol. The molecule has 3 rings (SSSR count). The Kier molecular flexibility index (Phi) is 4.08. The minimum Gasteiger partial charge on any atom is -0.381 e. The third kappa shape index (κ3) is 2.89. The summed E-state index contributed by atoms with van der Waals surface area (Å²) in [6.07, 6.45) is 5.53. The molecule has 3 nitrogen and oxygen atoms in total. The van der Waals surface area contributed by atoms with Gasteiger partial charge in [-0.2, -0.15) is 0 Å². The summed E-state index contributed by atoms with van der Waals surface area (Å²) >= 11 is 0. The Hall–Kier alpha value is -1.32. The minimum atomic E-state index is 0.208. The van der Waals surface area contributed by atoms with Crippen molar-refractivity contribution in [3.05, 3.63) is 36.0 Å². The van der Waals surface area contributed by atoms with Gasteiger partial charge in [0.2, 0.25) is 0 Å². The van der Waals surface area contributed by atoms with E-state index in [1.165, 1.54) is 29.3 Å². The van der Waals surface area contributed by atoms with E-state index in [0.717, 1.165) is 32.1 Å². The van der Waals surface area contributed by atoms with E-state index in [4.69, 9.17) is 10.5 Å². The molecular formula is C17H24N2O. The first kappa shape index (κ1) is 13.7. The van der Waals surface area contributed by atoms with Crippen LogP contribution in [0.3, 0.4) is 0 Å². The number of ether oxygens (including phenoxy) is 1. The van der Waals surface area contributed by atoms with Gasteiger partial charge in [-0.15, -0.1) is 0 Å². The number of rotatable bonds is 4. The largest absolute Gasteiger partial charge is 0.381 e. The molecular weight excluding hydrogens is 248 g/mol. The van der Waals surface area contributed by atoms with Crippen molar-refractivity contribution in [2.75, 3.05) is 13.2 Å². The molecule has 1 atom stereocenters. The molecule has 0 spiro atoms. The van der Waals surface area contributed by atoms with Crippen LogP contribution in [0.25, 0.3) is 10.9 Å². The molecule has 1 aromatic heterocycles. The van der Waals surface area contributed by atoms with Crippen LogP contribution in [0, 0.1) is 5.92 Å². The van der Waals surface area contributed by atoms with E-state index in [1.807, 2.05) is 0 Å². The molecule has 2 aromatic rings. The van der Waals surface area contributed by atoms with E-state index in [1.54, 1.807) is 0 Å². The molecule has 20 heavy (non-hydrogen) atoms.